The normalized spacial score (nSPS) is 16.8. The van der Waals surface area contributed by atoms with Crippen LogP contribution in [0.5, 0.6) is 5.75 Å². The first-order chi connectivity index (χ1) is 10.9. The topological polar surface area (TPSA) is 55.8 Å². The van der Waals surface area contributed by atoms with Gasteiger partial charge in [0.1, 0.15) is 5.75 Å². The number of Topliss-reactive ketones (excluding diaryl/α,β-unsaturated/α-hetero) is 1. The van der Waals surface area contributed by atoms with Gasteiger partial charge in [0.2, 0.25) is 0 Å². The van der Waals surface area contributed by atoms with Gasteiger partial charge in [-0.1, -0.05) is 6.92 Å². The van der Waals surface area contributed by atoms with E-state index in [1.165, 1.54) is 7.11 Å². The Morgan fingerprint density at radius 2 is 2.04 bits per heavy atom. The van der Waals surface area contributed by atoms with Gasteiger partial charge in [-0.2, -0.15) is 0 Å². The van der Waals surface area contributed by atoms with Crippen molar-refractivity contribution < 1.29 is 19.1 Å². The fourth-order valence-corrected chi connectivity index (χ4v) is 2.98. The molecule has 0 aromatic heterocycles. The number of rotatable bonds is 6. The molecule has 2 atom stereocenters. The number of halogens is 1. The maximum absolute atomic E-state index is 12.8. The summed E-state index contributed by atoms with van der Waals surface area (Å²) in [4.78, 5) is 26.5. The lowest BCUT2D eigenvalue weighted by Gasteiger charge is -2.19. The highest BCUT2D eigenvalue weighted by Gasteiger charge is 2.32. The monoisotopic (exact) mass is 355 g/mol. The number of methoxy groups -OCH3 is 1. The molecule has 2 unspecified atom stereocenters. The zero-order chi connectivity index (χ0) is 17.1. The molecule has 0 amide bonds. The van der Waals surface area contributed by atoms with Crippen LogP contribution in [0.15, 0.2) is 12.1 Å². The third-order valence-electron chi connectivity index (χ3n) is 4.26. The Labute approximate surface area is 149 Å². The summed E-state index contributed by atoms with van der Waals surface area (Å²) in [5.41, 5.74) is 2.51. The second-order valence-electron chi connectivity index (χ2n) is 6.34. The van der Waals surface area contributed by atoms with E-state index in [0.717, 1.165) is 29.7 Å². The summed E-state index contributed by atoms with van der Waals surface area (Å²) in [5.74, 6) is 0.421. The molecule has 0 bridgehead atoms. The number of ether oxygens (including phenoxy) is 2. The molecule has 0 radical (unpaired) electrons. The van der Waals surface area contributed by atoms with E-state index in [1.54, 1.807) is 0 Å². The van der Waals surface area contributed by atoms with E-state index in [2.05, 4.69) is 0 Å². The zero-order valence-electron chi connectivity index (χ0n) is 14.9. The highest BCUT2D eigenvalue weighted by atomic mass is 35.5. The fourth-order valence-electron chi connectivity index (χ4n) is 2.98. The van der Waals surface area contributed by atoms with Crippen LogP contribution in [0.25, 0.3) is 0 Å². The molecule has 24 heavy (non-hydrogen) atoms. The van der Waals surface area contributed by atoms with Crippen molar-refractivity contribution in [2.75, 3.05) is 27.7 Å². The van der Waals surface area contributed by atoms with Gasteiger partial charge in [-0.15, -0.1) is 12.4 Å². The van der Waals surface area contributed by atoms with Crippen molar-refractivity contribution in [2.45, 2.75) is 32.8 Å². The number of benzene rings is 1. The first-order valence-electron chi connectivity index (χ1n) is 7.94. The van der Waals surface area contributed by atoms with Crippen molar-refractivity contribution in [3.8, 4) is 5.75 Å². The van der Waals surface area contributed by atoms with Gasteiger partial charge >= 0.3 is 5.97 Å². The molecule has 1 heterocycles. The van der Waals surface area contributed by atoms with Crippen LogP contribution < -0.4 is 4.74 Å². The lowest BCUT2D eigenvalue weighted by atomic mass is 9.90. The van der Waals surface area contributed by atoms with E-state index in [1.807, 2.05) is 45.0 Å². The van der Waals surface area contributed by atoms with Crippen LogP contribution in [0.3, 0.4) is 0 Å². The van der Waals surface area contributed by atoms with E-state index in [0.29, 0.717) is 12.2 Å². The first kappa shape index (κ1) is 20.5. The standard InChI is InChI=1S/C18H25NO4.ClH/c1-6-12(10-19(3)4)17(20)14-8-13-9-16(18(21)22-5)23-15(13)7-11(14)2;/h7-8,12,16H,6,9-10H2,1-5H3;1H. The van der Waals surface area contributed by atoms with E-state index in [-0.39, 0.29) is 30.1 Å². The molecule has 1 aliphatic heterocycles. The number of esters is 1. The van der Waals surface area contributed by atoms with Gasteiger partial charge in [0.05, 0.1) is 7.11 Å². The van der Waals surface area contributed by atoms with Gasteiger partial charge in [0.15, 0.2) is 11.9 Å². The predicted octanol–water partition coefficient (Wildman–Crippen LogP) is 2.66. The molecule has 0 aliphatic carbocycles. The smallest absolute Gasteiger partial charge is 0.347 e. The predicted molar refractivity (Wildman–Crippen MR) is 95.2 cm³/mol. The Hall–Kier alpha value is -1.59. The average molecular weight is 356 g/mol. The molecule has 0 fully saturated rings. The van der Waals surface area contributed by atoms with Crippen molar-refractivity contribution in [2.24, 2.45) is 5.92 Å². The summed E-state index contributed by atoms with van der Waals surface area (Å²) >= 11 is 0. The molecule has 1 aliphatic rings. The second kappa shape index (κ2) is 8.49. The van der Waals surface area contributed by atoms with E-state index >= 15 is 0 Å². The SMILES string of the molecule is CCC(CN(C)C)C(=O)c1cc2c(cc1C)OC(C(=O)OC)C2.Cl. The molecular weight excluding hydrogens is 330 g/mol. The molecule has 2 rings (SSSR count). The van der Waals surface area contributed by atoms with Crippen LogP contribution in [-0.4, -0.2) is 50.5 Å². The maximum atomic E-state index is 12.8. The van der Waals surface area contributed by atoms with Crippen molar-refractivity contribution in [3.63, 3.8) is 0 Å². The number of nitrogens with zero attached hydrogens (tertiary/aromatic N) is 1. The number of hydrogen-bond acceptors (Lipinski definition) is 5. The largest absolute Gasteiger partial charge is 0.478 e. The maximum Gasteiger partial charge on any atom is 0.347 e. The molecule has 0 saturated heterocycles. The van der Waals surface area contributed by atoms with Crippen LogP contribution >= 0.6 is 12.4 Å². The number of fused-ring (bicyclic) bond motifs is 1. The molecule has 0 saturated carbocycles. The Bertz CT molecular complexity index is 615. The van der Waals surface area contributed by atoms with E-state index in [4.69, 9.17) is 9.47 Å². The van der Waals surface area contributed by atoms with Crippen molar-refractivity contribution in [1.82, 2.24) is 4.90 Å². The summed E-state index contributed by atoms with van der Waals surface area (Å²) < 4.78 is 10.4. The molecule has 5 nitrogen and oxygen atoms in total. The number of hydrogen-bond donors (Lipinski definition) is 0. The first-order valence-corrected chi connectivity index (χ1v) is 7.94. The second-order valence-corrected chi connectivity index (χ2v) is 6.34. The number of carbonyl (C=O) groups is 2. The van der Waals surface area contributed by atoms with Gasteiger partial charge in [0.25, 0.3) is 0 Å². The van der Waals surface area contributed by atoms with Crippen molar-refractivity contribution in [1.29, 1.82) is 0 Å². The minimum atomic E-state index is -0.608. The van der Waals surface area contributed by atoms with Crippen molar-refractivity contribution >= 4 is 24.2 Å². The van der Waals surface area contributed by atoms with Crippen LogP contribution in [0.2, 0.25) is 0 Å². The summed E-state index contributed by atoms with van der Waals surface area (Å²) in [7, 11) is 5.29. The Morgan fingerprint density at radius 3 is 2.58 bits per heavy atom. The molecule has 1 aromatic rings. The molecule has 134 valence electrons. The van der Waals surface area contributed by atoms with Crippen LogP contribution in [0.4, 0.5) is 0 Å². The highest BCUT2D eigenvalue weighted by Crippen LogP contribution is 2.33. The lowest BCUT2D eigenvalue weighted by Crippen LogP contribution is -2.28. The quantitative estimate of drug-likeness (QED) is 0.580. The molecular formula is C18H26ClNO4. The van der Waals surface area contributed by atoms with Crippen LogP contribution in [0, 0.1) is 12.8 Å². The number of aryl methyl sites for hydroxylation is 1. The summed E-state index contributed by atoms with van der Waals surface area (Å²) in [5, 5.41) is 0. The highest BCUT2D eigenvalue weighted by molar-refractivity contribution is 5.99. The minimum absolute atomic E-state index is 0. The Morgan fingerprint density at radius 1 is 1.38 bits per heavy atom. The lowest BCUT2D eigenvalue weighted by molar-refractivity contribution is -0.147. The van der Waals surface area contributed by atoms with Gasteiger partial charge in [-0.05, 0) is 50.7 Å². The van der Waals surface area contributed by atoms with Gasteiger partial charge in [-0.3, -0.25) is 4.79 Å². The summed E-state index contributed by atoms with van der Waals surface area (Å²) in [6, 6.07) is 3.74. The van der Waals surface area contributed by atoms with Crippen LogP contribution in [-0.2, 0) is 16.0 Å². The van der Waals surface area contributed by atoms with E-state index < -0.39 is 6.10 Å². The van der Waals surface area contributed by atoms with Crippen LogP contribution in [0.1, 0.15) is 34.8 Å². The summed E-state index contributed by atoms with van der Waals surface area (Å²) in [6.07, 6.45) is 0.644. The fraction of sp³-hybridized carbons (Fsp3) is 0.556. The van der Waals surface area contributed by atoms with Gasteiger partial charge in [-0.25, -0.2) is 4.79 Å². The average Bonchev–Trinajstić information content (AvgIpc) is 2.92. The Balaban J connectivity index is 0.00000288. The van der Waals surface area contributed by atoms with Crippen molar-refractivity contribution in [3.05, 3.63) is 28.8 Å². The summed E-state index contributed by atoms with van der Waals surface area (Å²) in [6.45, 7) is 4.67. The van der Waals surface area contributed by atoms with Gasteiger partial charge < -0.3 is 14.4 Å². The zero-order valence-corrected chi connectivity index (χ0v) is 15.7. The number of carbonyl (C=O) groups excluding carboxylic acids is 2. The molecule has 0 N–H and O–H groups in total. The van der Waals surface area contributed by atoms with E-state index in [9.17, 15) is 9.59 Å². The molecule has 6 heteroatoms. The minimum Gasteiger partial charge on any atom is -0.478 e. The number of ketones is 1. The van der Waals surface area contributed by atoms with Gasteiger partial charge in [0, 0.05) is 24.4 Å². The third-order valence-corrected chi connectivity index (χ3v) is 4.26. The molecule has 0 spiro atoms. The third kappa shape index (κ3) is 4.28. The molecule has 1 aromatic carbocycles. The Kier molecular flexibility index (Phi) is 7.24.